The average Bonchev–Trinajstić information content (AvgIpc) is 2.48. The molecule has 1 N–H and O–H groups in total. The van der Waals surface area contributed by atoms with E-state index in [4.69, 9.17) is 0 Å². The minimum Gasteiger partial charge on any atom is -0.306 e. The Labute approximate surface area is 129 Å². The van der Waals surface area contributed by atoms with Crippen LogP contribution in [0, 0.1) is 20.8 Å². The van der Waals surface area contributed by atoms with E-state index in [9.17, 15) is 0 Å². The molecule has 0 saturated carbocycles. The van der Waals surface area contributed by atoms with Gasteiger partial charge in [0, 0.05) is 12.6 Å². The van der Waals surface area contributed by atoms with Crippen LogP contribution in [0.4, 0.5) is 0 Å². The van der Waals surface area contributed by atoms with Crippen LogP contribution in [-0.4, -0.2) is 0 Å². The van der Waals surface area contributed by atoms with E-state index in [1.54, 1.807) is 0 Å². The van der Waals surface area contributed by atoms with Crippen molar-refractivity contribution in [2.24, 2.45) is 0 Å². The van der Waals surface area contributed by atoms with E-state index in [1.807, 2.05) is 0 Å². The van der Waals surface area contributed by atoms with Crippen molar-refractivity contribution in [3.05, 3.63) is 69.8 Å². The molecular weight excluding hydrogens is 254 g/mol. The molecule has 0 amide bonds. The fraction of sp³-hybridized carbons (Fsp3) is 0.400. The molecule has 2 rings (SSSR count). The lowest BCUT2D eigenvalue weighted by Crippen LogP contribution is -2.20. The Hall–Kier alpha value is -1.60. The summed E-state index contributed by atoms with van der Waals surface area (Å²) in [5.74, 6) is 0. The van der Waals surface area contributed by atoms with Gasteiger partial charge < -0.3 is 5.32 Å². The Kier molecular flexibility index (Phi) is 5.19. The highest BCUT2D eigenvalue weighted by molar-refractivity contribution is 5.38. The summed E-state index contributed by atoms with van der Waals surface area (Å²) in [6.07, 6.45) is 1.09. The van der Waals surface area contributed by atoms with Gasteiger partial charge in [-0.3, -0.25) is 0 Å². The highest BCUT2D eigenvalue weighted by Crippen LogP contribution is 2.22. The molecule has 2 aromatic carbocycles. The fourth-order valence-electron chi connectivity index (χ4n) is 2.90. The smallest absolute Gasteiger partial charge is 0.0297 e. The summed E-state index contributed by atoms with van der Waals surface area (Å²) in [5.41, 5.74) is 8.38. The first-order chi connectivity index (χ1) is 10.0. The molecule has 112 valence electrons. The monoisotopic (exact) mass is 281 g/mol. The number of rotatable bonds is 5. The standard InChI is InChI=1S/C20H27N/c1-6-18-9-7-8-10-19(18)13-21-17(5)20-12-15(3)14(2)11-16(20)4/h7-12,17,21H,6,13H2,1-5H3. The molecule has 0 saturated heterocycles. The second-order valence-electron chi connectivity index (χ2n) is 6.02. The molecule has 0 aromatic heterocycles. The molecule has 1 nitrogen and oxygen atoms in total. The molecule has 0 aliphatic carbocycles. The minimum atomic E-state index is 0.370. The number of hydrogen-bond donors (Lipinski definition) is 1. The predicted molar refractivity (Wildman–Crippen MR) is 91.7 cm³/mol. The van der Waals surface area contributed by atoms with Gasteiger partial charge in [0.25, 0.3) is 0 Å². The van der Waals surface area contributed by atoms with Crippen LogP contribution >= 0.6 is 0 Å². The molecule has 2 aromatic rings. The molecule has 0 radical (unpaired) electrons. The molecule has 0 spiro atoms. The number of nitrogens with one attached hydrogen (secondary N) is 1. The van der Waals surface area contributed by atoms with Gasteiger partial charge in [-0.25, -0.2) is 0 Å². The van der Waals surface area contributed by atoms with Crippen LogP contribution in [0.3, 0.4) is 0 Å². The normalized spacial score (nSPS) is 12.4. The summed E-state index contributed by atoms with van der Waals surface area (Å²) in [5, 5.41) is 3.68. The molecular formula is C20H27N. The summed E-state index contributed by atoms with van der Waals surface area (Å²) in [7, 11) is 0. The maximum Gasteiger partial charge on any atom is 0.0297 e. The summed E-state index contributed by atoms with van der Waals surface area (Å²) in [6, 6.07) is 13.7. The van der Waals surface area contributed by atoms with Gasteiger partial charge in [-0.1, -0.05) is 43.3 Å². The van der Waals surface area contributed by atoms with E-state index in [-0.39, 0.29) is 0 Å². The lowest BCUT2D eigenvalue weighted by Gasteiger charge is -2.19. The van der Waals surface area contributed by atoms with E-state index in [0.717, 1.165) is 13.0 Å². The van der Waals surface area contributed by atoms with Gasteiger partial charge in [-0.2, -0.15) is 0 Å². The first-order valence-corrected chi connectivity index (χ1v) is 7.90. The second-order valence-corrected chi connectivity index (χ2v) is 6.02. The Morgan fingerprint density at radius 2 is 1.52 bits per heavy atom. The summed E-state index contributed by atoms with van der Waals surface area (Å²) in [4.78, 5) is 0. The third-order valence-corrected chi connectivity index (χ3v) is 4.45. The average molecular weight is 281 g/mol. The fourth-order valence-corrected chi connectivity index (χ4v) is 2.90. The van der Waals surface area contributed by atoms with Crippen molar-refractivity contribution in [2.45, 2.75) is 53.6 Å². The van der Waals surface area contributed by atoms with E-state index in [1.165, 1.54) is 33.4 Å². The molecule has 0 aliphatic heterocycles. The highest BCUT2D eigenvalue weighted by Gasteiger charge is 2.10. The summed E-state index contributed by atoms with van der Waals surface area (Å²) in [6.45, 7) is 12.0. The van der Waals surface area contributed by atoms with Gasteiger partial charge in [-0.15, -0.1) is 0 Å². The van der Waals surface area contributed by atoms with Crippen molar-refractivity contribution < 1.29 is 0 Å². The molecule has 1 unspecified atom stereocenters. The summed E-state index contributed by atoms with van der Waals surface area (Å²) < 4.78 is 0. The molecule has 21 heavy (non-hydrogen) atoms. The van der Waals surface area contributed by atoms with E-state index in [2.05, 4.69) is 76.3 Å². The molecule has 0 heterocycles. The molecule has 1 atom stereocenters. The number of aryl methyl sites for hydroxylation is 4. The van der Waals surface area contributed by atoms with Crippen LogP contribution in [-0.2, 0) is 13.0 Å². The molecule has 1 heteroatoms. The Morgan fingerprint density at radius 1 is 0.905 bits per heavy atom. The van der Waals surface area contributed by atoms with Crippen molar-refractivity contribution in [3.8, 4) is 0 Å². The maximum atomic E-state index is 3.68. The topological polar surface area (TPSA) is 12.0 Å². The van der Waals surface area contributed by atoms with Gasteiger partial charge >= 0.3 is 0 Å². The third-order valence-electron chi connectivity index (χ3n) is 4.45. The quantitative estimate of drug-likeness (QED) is 0.811. The Balaban J connectivity index is 2.12. The lowest BCUT2D eigenvalue weighted by molar-refractivity contribution is 0.569. The van der Waals surface area contributed by atoms with E-state index >= 15 is 0 Å². The first-order valence-electron chi connectivity index (χ1n) is 7.90. The zero-order valence-electron chi connectivity index (χ0n) is 14.0. The number of hydrogen-bond acceptors (Lipinski definition) is 1. The van der Waals surface area contributed by atoms with E-state index < -0.39 is 0 Å². The Morgan fingerprint density at radius 3 is 2.19 bits per heavy atom. The van der Waals surface area contributed by atoms with Crippen LogP contribution in [0.15, 0.2) is 36.4 Å². The lowest BCUT2D eigenvalue weighted by atomic mass is 9.96. The second kappa shape index (κ2) is 6.91. The molecule has 0 aliphatic rings. The van der Waals surface area contributed by atoms with Gasteiger partial charge in [0.05, 0.1) is 0 Å². The minimum absolute atomic E-state index is 0.370. The predicted octanol–water partition coefficient (Wildman–Crippen LogP) is 5.03. The highest BCUT2D eigenvalue weighted by atomic mass is 14.9. The van der Waals surface area contributed by atoms with Gasteiger partial charge in [0.1, 0.15) is 0 Å². The molecule has 0 bridgehead atoms. The largest absolute Gasteiger partial charge is 0.306 e. The first kappa shape index (κ1) is 15.8. The van der Waals surface area contributed by atoms with Crippen LogP contribution < -0.4 is 5.32 Å². The number of benzene rings is 2. The van der Waals surface area contributed by atoms with E-state index in [0.29, 0.717) is 6.04 Å². The van der Waals surface area contributed by atoms with Crippen LogP contribution in [0.5, 0.6) is 0 Å². The van der Waals surface area contributed by atoms with Gasteiger partial charge in [0.2, 0.25) is 0 Å². The van der Waals surface area contributed by atoms with Crippen molar-refractivity contribution in [1.82, 2.24) is 5.32 Å². The third kappa shape index (κ3) is 3.74. The maximum absolute atomic E-state index is 3.68. The Bertz CT molecular complexity index is 613. The van der Waals surface area contributed by atoms with Crippen LogP contribution in [0.1, 0.15) is 53.3 Å². The zero-order valence-corrected chi connectivity index (χ0v) is 14.0. The van der Waals surface area contributed by atoms with Crippen LogP contribution in [0.2, 0.25) is 0 Å². The zero-order chi connectivity index (χ0) is 15.4. The van der Waals surface area contributed by atoms with Crippen molar-refractivity contribution in [1.29, 1.82) is 0 Å². The summed E-state index contributed by atoms with van der Waals surface area (Å²) >= 11 is 0. The van der Waals surface area contributed by atoms with Crippen LogP contribution in [0.25, 0.3) is 0 Å². The van der Waals surface area contributed by atoms with Crippen molar-refractivity contribution in [3.63, 3.8) is 0 Å². The SMILES string of the molecule is CCc1ccccc1CNC(C)c1cc(C)c(C)cc1C. The molecule has 0 fully saturated rings. The van der Waals surface area contributed by atoms with Crippen molar-refractivity contribution >= 4 is 0 Å². The van der Waals surface area contributed by atoms with Gasteiger partial charge in [-0.05, 0) is 67.5 Å². The van der Waals surface area contributed by atoms with Crippen molar-refractivity contribution in [2.75, 3.05) is 0 Å². The van der Waals surface area contributed by atoms with Gasteiger partial charge in [0.15, 0.2) is 0 Å².